The van der Waals surface area contributed by atoms with E-state index < -0.39 is 6.43 Å². The SMILES string of the molecule is CN(CC(F)F)c1nc(NN)nc2sccc12. The van der Waals surface area contributed by atoms with Crippen LogP contribution in [0.3, 0.4) is 0 Å². The third-order valence-corrected chi connectivity index (χ3v) is 3.01. The maximum Gasteiger partial charge on any atom is 0.255 e. The van der Waals surface area contributed by atoms with Crippen molar-refractivity contribution in [3.63, 3.8) is 0 Å². The normalized spacial score (nSPS) is 11.1. The molecule has 5 nitrogen and oxygen atoms in total. The minimum atomic E-state index is -2.42. The molecule has 2 aromatic rings. The number of aromatic nitrogens is 2. The number of hydrogen-bond donors (Lipinski definition) is 2. The Morgan fingerprint density at radius 2 is 2.29 bits per heavy atom. The Morgan fingerprint density at radius 3 is 2.94 bits per heavy atom. The maximum atomic E-state index is 12.4. The van der Waals surface area contributed by atoms with Gasteiger partial charge in [0.05, 0.1) is 11.9 Å². The zero-order valence-corrected chi connectivity index (χ0v) is 9.84. The second kappa shape index (κ2) is 4.76. The molecule has 8 heteroatoms. The van der Waals surface area contributed by atoms with Crippen LogP contribution in [0.1, 0.15) is 0 Å². The van der Waals surface area contributed by atoms with Gasteiger partial charge in [0, 0.05) is 7.05 Å². The molecule has 17 heavy (non-hydrogen) atoms. The average molecular weight is 259 g/mol. The molecule has 0 aromatic carbocycles. The van der Waals surface area contributed by atoms with Gasteiger partial charge in [0.1, 0.15) is 10.6 Å². The van der Waals surface area contributed by atoms with Crippen molar-refractivity contribution >= 4 is 33.3 Å². The Labute approximate surface area is 100 Å². The van der Waals surface area contributed by atoms with Gasteiger partial charge in [-0.2, -0.15) is 4.98 Å². The molecule has 2 heterocycles. The van der Waals surface area contributed by atoms with Crippen LogP contribution in [0.25, 0.3) is 10.2 Å². The van der Waals surface area contributed by atoms with E-state index in [1.807, 2.05) is 5.38 Å². The van der Waals surface area contributed by atoms with Gasteiger partial charge in [0.2, 0.25) is 5.95 Å². The molecule has 0 atom stereocenters. The van der Waals surface area contributed by atoms with E-state index in [0.29, 0.717) is 10.6 Å². The molecule has 0 aliphatic carbocycles. The van der Waals surface area contributed by atoms with E-state index in [9.17, 15) is 8.78 Å². The summed E-state index contributed by atoms with van der Waals surface area (Å²) in [5.74, 6) is 5.91. The fourth-order valence-electron chi connectivity index (χ4n) is 1.49. The molecule has 0 fully saturated rings. The van der Waals surface area contributed by atoms with Crippen LogP contribution in [-0.4, -0.2) is 30.0 Å². The molecule has 0 aliphatic heterocycles. The molecule has 0 bridgehead atoms. The number of halogens is 2. The molecule has 0 unspecified atom stereocenters. The third-order valence-electron chi connectivity index (χ3n) is 2.21. The van der Waals surface area contributed by atoms with E-state index in [0.717, 1.165) is 5.39 Å². The lowest BCUT2D eigenvalue weighted by atomic mass is 10.3. The van der Waals surface area contributed by atoms with Gasteiger partial charge in [-0.15, -0.1) is 11.3 Å². The second-order valence-electron chi connectivity index (χ2n) is 3.43. The van der Waals surface area contributed by atoms with Gasteiger partial charge in [-0.05, 0) is 11.4 Å². The first-order valence-corrected chi connectivity index (χ1v) is 5.71. The summed E-state index contributed by atoms with van der Waals surface area (Å²) >= 11 is 1.41. The minimum Gasteiger partial charge on any atom is -0.353 e. The van der Waals surface area contributed by atoms with Gasteiger partial charge in [-0.1, -0.05) is 0 Å². The molecule has 2 aromatic heterocycles. The summed E-state index contributed by atoms with van der Waals surface area (Å²) in [5, 5.41) is 2.58. The van der Waals surface area contributed by atoms with E-state index in [4.69, 9.17) is 5.84 Å². The van der Waals surface area contributed by atoms with E-state index >= 15 is 0 Å². The van der Waals surface area contributed by atoms with E-state index in [1.165, 1.54) is 16.2 Å². The Bertz CT molecular complexity index is 515. The van der Waals surface area contributed by atoms with Crippen molar-refractivity contribution in [2.24, 2.45) is 5.84 Å². The predicted octanol–water partition coefficient (Wildman–Crippen LogP) is 1.68. The highest BCUT2D eigenvalue weighted by molar-refractivity contribution is 7.16. The fraction of sp³-hybridized carbons (Fsp3) is 0.333. The van der Waals surface area contributed by atoms with Crippen molar-refractivity contribution in [1.82, 2.24) is 9.97 Å². The van der Waals surface area contributed by atoms with E-state index in [-0.39, 0.29) is 12.5 Å². The van der Waals surface area contributed by atoms with E-state index in [2.05, 4.69) is 15.4 Å². The van der Waals surface area contributed by atoms with Gasteiger partial charge in [-0.3, -0.25) is 5.43 Å². The average Bonchev–Trinajstić information content (AvgIpc) is 2.74. The van der Waals surface area contributed by atoms with Crippen LogP contribution in [0.2, 0.25) is 0 Å². The number of nitrogen functional groups attached to an aromatic ring is 1. The van der Waals surface area contributed by atoms with Crippen LogP contribution in [0.15, 0.2) is 11.4 Å². The summed E-state index contributed by atoms with van der Waals surface area (Å²) in [6, 6.07) is 1.80. The topological polar surface area (TPSA) is 67.1 Å². The van der Waals surface area contributed by atoms with Crippen molar-refractivity contribution in [3.8, 4) is 0 Å². The van der Waals surface area contributed by atoms with E-state index in [1.54, 1.807) is 13.1 Å². The number of rotatable bonds is 4. The largest absolute Gasteiger partial charge is 0.353 e. The van der Waals surface area contributed by atoms with Crippen LogP contribution in [0, 0.1) is 0 Å². The lowest BCUT2D eigenvalue weighted by molar-refractivity contribution is 0.156. The number of hydrazine groups is 1. The molecule has 0 radical (unpaired) electrons. The van der Waals surface area contributed by atoms with Gasteiger partial charge in [0.15, 0.2) is 0 Å². The number of anilines is 2. The Morgan fingerprint density at radius 1 is 1.53 bits per heavy atom. The first-order valence-electron chi connectivity index (χ1n) is 4.83. The predicted molar refractivity (Wildman–Crippen MR) is 64.5 cm³/mol. The molecule has 3 N–H and O–H groups in total. The lowest BCUT2D eigenvalue weighted by Gasteiger charge is -2.18. The number of fused-ring (bicyclic) bond motifs is 1. The Hall–Kier alpha value is -1.54. The number of nitrogens with one attached hydrogen (secondary N) is 1. The van der Waals surface area contributed by atoms with Gasteiger partial charge in [-0.25, -0.2) is 19.6 Å². The smallest absolute Gasteiger partial charge is 0.255 e. The third kappa shape index (κ3) is 2.42. The molecule has 0 amide bonds. The number of nitrogens with zero attached hydrogens (tertiary/aromatic N) is 3. The van der Waals surface area contributed by atoms with Crippen LogP contribution in [0.4, 0.5) is 20.5 Å². The summed E-state index contributed by atoms with van der Waals surface area (Å²) in [4.78, 5) is 10.3. The quantitative estimate of drug-likeness (QED) is 0.646. The van der Waals surface area contributed by atoms with Crippen molar-refractivity contribution in [3.05, 3.63) is 11.4 Å². The standard InChI is InChI=1S/C9H11F2N5S/c1-16(4-6(10)11)7-5-2-3-17-8(5)14-9(13-7)15-12/h2-3,6H,4,12H2,1H3,(H,13,14,15). The van der Waals surface area contributed by atoms with Crippen LogP contribution in [-0.2, 0) is 0 Å². The molecule has 2 rings (SSSR count). The summed E-state index contributed by atoms with van der Waals surface area (Å²) in [7, 11) is 1.56. The second-order valence-corrected chi connectivity index (χ2v) is 4.32. The number of hydrogen-bond acceptors (Lipinski definition) is 6. The van der Waals surface area contributed by atoms with Gasteiger partial charge in [0.25, 0.3) is 6.43 Å². The monoisotopic (exact) mass is 259 g/mol. The lowest BCUT2D eigenvalue weighted by Crippen LogP contribution is -2.25. The summed E-state index contributed by atoms with van der Waals surface area (Å²) in [6.45, 7) is -0.383. The number of alkyl halides is 2. The zero-order valence-electron chi connectivity index (χ0n) is 9.02. The number of nitrogens with two attached hydrogens (primary N) is 1. The van der Waals surface area contributed by atoms with Gasteiger partial charge >= 0.3 is 0 Å². The zero-order chi connectivity index (χ0) is 12.4. The first kappa shape index (κ1) is 11.9. The fourth-order valence-corrected chi connectivity index (χ4v) is 2.25. The van der Waals surface area contributed by atoms with Gasteiger partial charge < -0.3 is 4.90 Å². The Balaban J connectivity index is 2.46. The van der Waals surface area contributed by atoms with Crippen molar-refractivity contribution in [1.29, 1.82) is 0 Å². The molecule has 92 valence electrons. The summed E-state index contributed by atoms with van der Waals surface area (Å²) < 4.78 is 24.7. The summed E-state index contributed by atoms with van der Waals surface area (Å²) in [6.07, 6.45) is -2.42. The molecule has 0 spiro atoms. The highest BCUT2D eigenvalue weighted by atomic mass is 32.1. The minimum absolute atomic E-state index is 0.219. The molecule has 0 aliphatic rings. The summed E-state index contributed by atoms with van der Waals surface area (Å²) in [5.41, 5.74) is 2.33. The molecule has 0 saturated heterocycles. The van der Waals surface area contributed by atoms with Crippen LogP contribution >= 0.6 is 11.3 Å². The molecule has 0 saturated carbocycles. The molecular weight excluding hydrogens is 248 g/mol. The highest BCUT2D eigenvalue weighted by Crippen LogP contribution is 2.28. The van der Waals surface area contributed by atoms with Crippen molar-refractivity contribution in [2.75, 3.05) is 23.9 Å². The number of thiophene rings is 1. The van der Waals surface area contributed by atoms with Crippen LogP contribution in [0.5, 0.6) is 0 Å². The Kier molecular flexibility index (Phi) is 3.34. The van der Waals surface area contributed by atoms with Crippen LogP contribution < -0.4 is 16.2 Å². The molecular formula is C9H11F2N5S. The van der Waals surface area contributed by atoms with Crippen molar-refractivity contribution in [2.45, 2.75) is 6.43 Å². The first-order chi connectivity index (χ1) is 8.11. The van der Waals surface area contributed by atoms with Crippen molar-refractivity contribution < 1.29 is 8.78 Å². The maximum absolute atomic E-state index is 12.4. The highest BCUT2D eigenvalue weighted by Gasteiger charge is 2.15.